The predicted octanol–water partition coefficient (Wildman–Crippen LogP) is 0.529. The van der Waals surface area contributed by atoms with E-state index >= 15 is 0 Å². The molecular formula is C8H19NO2S2. The second-order valence-electron chi connectivity index (χ2n) is 3.68. The smallest absolute Gasteiger partial charge is 0.148 e. The van der Waals surface area contributed by atoms with Gasteiger partial charge in [0.2, 0.25) is 0 Å². The van der Waals surface area contributed by atoms with Crippen molar-refractivity contribution in [2.45, 2.75) is 6.92 Å². The highest BCUT2D eigenvalue weighted by Crippen LogP contribution is 2.00. The summed E-state index contributed by atoms with van der Waals surface area (Å²) < 4.78 is 21.7. The molecule has 0 aromatic rings. The molecule has 0 aliphatic heterocycles. The lowest BCUT2D eigenvalue weighted by Crippen LogP contribution is -2.29. The first kappa shape index (κ1) is 13.3. The first-order valence-corrected chi connectivity index (χ1v) is 7.01. The van der Waals surface area contributed by atoms with Gasteiger partial charge in [-0.3, -0.25) is 0 Å². The molecule has 0 fully saturated rings. The summed E-state index contributed by atoms with van der Waals surface area (Å²) in [5, 5.41) is 0. The zero-order valence-electron chi connectivity index (χ0n) is 8.52. The number of nitrogens with zero attached hydrogens (tertiary/aromatic N) is 1. The molecule has 1 atom stereocenters. The minimum Gasteiger partial charge on any atom is -0.305 e. The molecule has 0 radical (unpaired) electrons. The van der Waals surface area contributed by atoms with E-state index in [9.17, 15) is 8.42 Å². The summed E-state index contributed by atoms with van der Waals surface area (Å²) in [5.41, 5.74) is 0. The van der Waals surface area contributed by atoms with Gasteiger partial charge in [0, 0.05) is 19.3 Å². The minimum absolute atomic E-state index is 0.239. The van der Waals surface area contributed by atoms with Gasteiger partial charge >= 0.3 is 0 Å². The molecule has 0 rings (SSSR count). The second kappa shape index (κ2) is 5.88. The molecule has 0 aromatic heterocycles. The summed E-state index contributed by atoms with van der Waals surface area (Å²) >= 11 is 4.17. The van der Waals surface area contributed by atoms with Crippen molar-refractivity contribution in [1.82, 2.24) is 4.90 Å². The van der Waals surface area contributed by atoms with Crippen molar-refractivity contribution < 1.29 is 8.42 Å². The highest BCUT2D eigenvalue weighted by atomic mass is 32.2. The van der Waals surface area contributed by atoms with Crippen molar-refractivity contribution in [3.05, 3.63) is 0 Å². The van der Waals surface area contributed by atoms with Crippen LogP contribution in [0.2, 0.25) is 0 Å². The normalized spacial score (nSPS) is 14.8. The Bertz CT molecular complexity index is 226. The summed E-state index contributed by atoms with van der Waals surface area (Å²) in [6.45, 7) is 3.61. The standard InChI is InChI=1S/C8H19NO2S2/c1-8(7-12)6-9(2)4-5-13(3,10)11/h8,12H,4-7H2,1-3H3. The van der Waals surface area contributed by atoms with Crippen molar-refractivity contribution in [2.24, 2.45) is 5.92 Å². The van der Waals surface area contributed by atoms with Crippen LogP contribution in [0.4, 0.5) is 0 Å². The predicted molar refractivity (Wildman–Crippen MR) is 60.2 cm³/mol. The van der Waals surface area contributed by atoms with E-state index < -0.39 is 9.84 Å². The average molecular weight is 225 g/mol. The van der Waals surface area contributed by atoms with Crippen molar-refractivity contribution in [1.29, 1.82) is 0 Å². The van der Waals surface area contributed by atoms with E-state index in [-0.39, 0.29) is 5.75 Å². The van der Waals surface area contributed by atoms with E-state index in [4.69, 9.17) is 0 Å². The van der Waals surface area contributed by atoms with Gasteiger partial charge in [-0.05, 0) is 18.7 Å². The zero-order valence-corrected chi connectivity index (χ0v) is 10.2. The topological polar surface area (TPSA) is 37.4 Å². The van der Waals surface area contributed by atoms with E-state index in [2.05, 4.69) is 19.6 Å². The molecule has 0 saturated heterocycles. The molecule has 13 heavy (non-hydrogen) atoms. The van der Waals surface area contributed by atoms with Gasteiger partial charge in [-0.15, -0.1) is 0 Å². The molecule has 0 N–H and O–H groups in total. The largest absolute Gasteiger partial charge is 0.305 e. The fourth-order valence-electron chi connectivity index (χ4n) is 1.00. The molecule has 0 aliphatic carbocycles. The van der Waals surface area contributed by atoms with Crippen molar-refractivity contribution in [3.8, 4) is 0 Å². The fraction of sp³-hybridized carbons (Fsp3) is 1.00. The highest BCUT2D eigenvalue weighted by Gasteiger charge is 2.07. The van der Waals surface area contributed by atoms with E-state index in [0.29, 0.717) is 12.5 Å². The lowest BCUT2D eigenvalue weighted by molar-refractivity contribution is 0.313. The molecule has 0 amide bonds. The highest BCUT2D eigenvalue weighted by molar-refractivity contribution is 7.90. The molecule has 1 unspecified atom stereocenters. The molecule has 0 spiro atoms. The second-order valence-corrected chi connectivity index (χ2v) is 6.30. The Hall–Kier alpha value is 0.260. The first-order chi connectivity index (χ1) is 5.85. The average Bonchev–Trinajstić information content (AvgIpc) is 1.99. The molecule has 0 bridgehead atoms. The molecule has 0 saturated carbocycles. The molecular weight excluding hydrogens is 206 g/mol. The lowest BCUT2D eigenvalue weighted by Gasteiger charge is -2.19. The molecule has 80 valence electrons. The van der Waals surface area contributed by atoms with E-state index in [0.717, 1.165) is 12.3 Å². The Morgan fingerprint density at radius 2 is 2.00 bits per heavy atom. The van der Waals surface area contributed by atoms with Crippen LogP contribution in [0, 0.1) is 5.92 Å². The van der Waals surface area contributed by atoms with E-state index in [1.54, 1.807) is 0 Å². The molecule has 0 aromatic carbocycles. The van der Waals surface area contributed by atoms with Crippen LogP contribution in [0.25, 0.3) is 0 Å². The molecule has 3 nitrogen and oxygen atoms in total. The Kier molecular flexibility index (Phi) is 6.00. The van der Waals surface area contributed by atoms with Crippen LogP contribution in [0.5, 0.6) is 0 Å². The summed E-state index contributed by atoms with van der Waals surface area (Å²) in [5.74, 6) is 1.58. The third kappa shape index (κ3) is 8.59. The van der Waals surface area contributed by atoms with Gasteiger partial charge in [0.15, 0.2) is 0 Å². The van der Waals surface area contributed by atoms with Gasteiger partial charge in [0.05, 0.1) is 5.75 Å². The number of thiol groups is 1. The summed E-state index contributed by atoms with van der Waals surface area (Å²) in [7, 11) is -0.887. The van der Waals surface area contributed by atoms with Crippen LogP contribution in [0.1, 0.15) is 6.92 Å². The SMILES string of the molecule is CC(CS)CN(C)CCS(C)(=O)=O. The Morgan fingerprint density at radius 3 is 2.38 bits per heavy atom. The maximum Gasteiger partial charge on any atom is 0.148 e. The number of rotatable bonds is 6. The van der Waals surface area contributed by atoms with E-state index in [1.165, 1.54) is 6.26 Å². The molecule has 0 heterocycles. The fourth-order valence-corrected chi connectivity index (χ4v) is 1.76. The van der Waals surface area contributed by atoms with E-state index in [1.807, 2.05) is 11.9 Å². The first-order valence-electron chi connectivity index (χ1n) is 4.32. The lowest BCUT2D eigenvalue weighted by atomic mass is 10.2. The van der Waals surface area contributed by atoms with Crippen LogP contribution in [0.15, 0.2) is 0 Å². The zero-order chi connectivity index (χ0) is 10.5. The monoisotopic (exact) mass is 225 g/mol. The molecule has 5 heteroatoms. The van der Waals surface area contributed by atoms with Gasteiger partial charge in [-0.25, -0.2) is 8.42 Å². The van der Waals surface area contributed by atoms with Gasteiger partial charge in [0.25, 0.3) is 0 Å². The van der Waals surface area contributed by atoms with Crippen LogP contribution >= 0.6 is 12.6 Å². The van der Waals surface area contributed by atoms with Crippen LogP contribution < -0.4 is 0 Å². The van der Waals surface area contributed by atoms with Crippen LogP contribution in [0.3, 0.4) is 0 Å². The van der Waals surface area contributed by atoms with Crippen LogP contribution in [-0.4, -0.2) is 51.2 Å². The summed E-state index contributed by atoms with van der Waals surface area (Å²) in [4.78, 5) is 2.03. The van der Waals surface area contributed by atoms with Gasteiger partial charge < -0.3 is 4.90 Å². The third-order valence-corrected chi connectivity index (χ3v) is 3.33. The van der Waals surface area contributed by atoms with Crippen molar-refractivity contribution in [2.75, 3.05) is 37.9 Å². The third-order valence-electron chi connectivity index (χ3n) is 1.78. The van der Waals surface area contributed by atoms with Gasteiger partial charge in [-0.1, -0.05) is 6.92 Å². The van der Waals surface area contributed by atoms with Crippen molar-refractivity contribution in [3.63, 3.8) is 0 Å². The van der Waals surface area contributed by atoms with Crippen LogP contribution in [-0.2, 0) is 9.84 Å². The minimum atomic E-state index is -2.82. The van der Waals surface area contributed by atoms with Crippen molar-refractivity contribution >= 4 is 22.5 Å². The number of sulfone groups is 1. The summed E-state index contributed by atoms with van der Waals surface area (Å²) in [6, 6.07) is 0. The van der Waals surface area contributed by atoms with Gasteiger partial charge in [-0.2, -0.15) is 12.6 Å². The van der Waals surface area contributed by atoms with Gasteiger partial charge in [0.1, 0.15) is 9.84 Å². The Balaban J connectivity index is 3.69. The number of hydrogen-bond acceptors (Lipinski definition) is 4. The Labute approximate surface area is 86.8 Å². The molecule has 0 aliphatic rings. The Morgan fingerprint density at radius 1 is 1.46 bits per heavy atom. The quantitative estimate of drug-likeness (QED) is 0.670. The maximum absolute atomic E-state index is 10.8. The summed E-state index contributed by atoms with van der Waals surface area (Å²) in [6.07, 6.45) is 1.27. The maximum atomic E-state index is 10.8. The number of hydrogen-bond donors (Lipinski definition) is 1.